The molecule has 158 valence electrons. The lowest BCUT2D eigenvalue weighted by Crippen LogP contribution is -2.11. The zero-order chi connectivity index (χ0) is 22.1. The maximum absolute atomic E-state index is 12.6. The Labute approximate surface area is 186 Å². The van der Waals surface area contributed by atoms with E-state index in [1.54, 1.807) is 55.6 Å². The zero-order valence-electron chi connectivity index (χ0n) is 17.0. The van der Waals surface area contributed by atoms with E-state index in [4.69, 9.17) is 13.9 Å². The molecule has 0 aliphatic rings. The van der Waals surface area contributed by atoms with Gasteiger partial charge < -0.3 is 13.9 Å². The average Bonchev–Trinajstić information content (AvgIpc) is 3.26. The van der Waals surface area contributed by atoms with Crippen molar-refractivity contribution in [3.8, 4) is 22.1 Å². The number of Topliss-reactive ketones (excluding diaryl/α,β-unsaturated/α-hetero) is 1. The first-order valence-corrected chi connectivity index (χ1v) is 10.7. The third-order valence-corrected chi connectivity index (χ3v) is 6.08. The number of benzene rings is 3. The molecule has 32 heavy (non-hydrogen) atoms. The molecule has 0 spiro atoms. The second kappa shape index (κ2) is 8.28. The lowest BCUT2D eigenvalue weighted by molar-refractivity contribution is 0.0921. The highest BCUT2D eigenvalue weighted by molar-refractivity contribution is 7.21. The number of hydrogen-bond acceptors (Lipinski definition) is 7. The van der Waals surface area contributed by atoms with Crippen LogP contribution in [0.25, 0.3) is 31.8 Å². The molecular weight excluding hydrogens is 426 g/mol. The molecule has 2 heterocycles. The summed E-state index contributed by atoms with van der Waals surface area (Å²) in [7, 11) is 1.57. The van der Waals surface area contributed by atoms with Gasteiger partial charge in [0.1, 0.15) is 22.1 Å². The fourth-order valence-corrected chi connectivity index (χ4v) is 4.30. The van der Waals surface area contributed by atoms with Crippen molar-refractivity contribution < 1.29 is 18.7 Å². The first-order valence-electron chi connectivity index (χ1n) is 9.84. The molecule has 0 saturated heterocycles. The predicted octanol–water partition coefficient (Wildman–Crippen LogP) is 5.34. The van der Waals surface area contributed by atoms with Gasteiger partial charge in [-0.2, -0.15) is 0 Å². The van der Waals surface area contributed by atoms with Gasteiger partial charge in [-0.05, 0) is 54.6 Å². The minimum absolute atomic E-state index is 0.133. The van der Waals surface area contributed by atoms with Gasteiger partial charge in [-0.15, -0.1) is 11.3 Å². The van der Waals surface area contributed by atoms with Crippen LogP contribution in [0.4, 0.5) is 0 Å². The molecule has 0 aliphatic heterocycles. The third-order valence-electron chi connectivity index (χ3n) is 5.01. The van der Waals surface area contributed by atoms with Gasteiger partial charge in [-0.1, -0.05) is 12.1 Å². The van der Waals surface area contributed by atoms with Crippen molar-refractivity contribution in [3.05, 3.63) is 88.8 Å². The molecule has 3 aromatic carbocycles. The van der Waals surface area contributed by atoms with Crippen LogP contribution >= 0.6 is 11.3 Å². The molecule has 0 amide bonds. The number of carbonyl (C=O) groups is 1. The number of para-hydroxylation sites is 1. The molecule has 6 nitrogen and oxygen atoms in total. The molecule has 0 aliphatic carbocycles. The number of rotatable bonds is 6. The number of thiazole rings is 1. The summed E-state index contributed by atoms with van der Waals surface area (Å²) in [5.41, 5.74) is 1.70. The fourth-order valence-electron chi connectivity index (χ4n) is 3.33. The average molecular weight is 443 g/mol. The summed E-state index contributed by atoms with van der Waals surface area (Å²) in [6, 6.07) is 21.5. The monoisotopic (exact) mass is 443 g/mol. The normalized spacial score (nSPS) is 11.0. The lowest BCUT2D eigenvalue weighted by Gasteiger charge is -2.07. The van der Waals surface area contributed by atoms with Crippen molar-refractivity contribution in [1.29, 1.82) is 0 Å². The van der Waals surface area contributed by atoms with Crippen LogP contribution < -0.4 is 15.1 Å². The van der Waals surface area contributed by atoms with Gasteiger partial charge in [0.25, 0.3) is 0 Å². The smallest absolute Gasteiger partial charge is 0.346 e. The second-order valence-electron chi connectivity index (χ2n) is 7.07. The molecule has 0 N–H and O–H groups in total. The van der Waals surface area contributed by atoms with Crippen LogP contribution in [0.5, 0.6) is 11.5 Å². The zero-order valence-corrected chi connectivity index (χ0v) is 17.8. The van der Waals surface area contributed by atoms with Crippen LogP contribution in [0, 0.1) is 0 Å². The van der Waals surface area contributed by atoms with E-state index < -0.39 is 5.63 Å². The predicted molar refractivity (Wildman–Crippen MR) is 124 cm³/mol. The van der Waals surface area contributed by atoms with Crippen molar-refractivity contribution >= 4 is 38.3 Å². The molecule has 5 rings (SSSR count). The van der Waals surface area contributed by atoms with Crippen LogP contribution in [0.3, 0.4) is 0 Å². The van der Waals surface area contributed by atoms with Crippen molar-refractivity contribution in [2.45, 2.75) is 0 Å². The van der Waals surface area contributed by atoms with Crippen molar-refractivity contribution in [2.75, 3.05) is 13.7 Å². The Morgan fingerprint density at radius 2 is 1.78 bits per heavy atom. The summed E-state index contributed by atoms with van der Waals surface area (Å²) in [4.78, 5) is 29.5. The van der Waals surface area contributed by atoms with Crippen LogP contribution in [-0.4, -0.2) is 24.5 Å². The van der Waals surface area contributed by atoms with Gasteiger partial charge in [-0.3, -0.25) is 4.79 Å². The Bertz CT molecular complexity index is 1470. The Balaban J connectivity index is 1.37. The van der Waals surface area contributed by atoms with E-state index in [1.165, 1.54) is 11.3 Å². The van der Waals surface area contributed by atoms with Gasteiger partial charge in [0.05, 0.1) is 22.9 Å². The number of carbonyl (C=O) groups excluding carboxylic acids is 1. The van der Waals surface area contributed by atoms with Gasteiger partial charge >= 0.3 is 5.63 Å². The quantitative estimate of drug-likeness (QED) is 0.260. The number of ether oxygens (including phenoxy) is 2. The number of aromatic nitrogens is 1. The van der Waals surface area contributed by atoms with Crippen molar-refractivity contribution in [1.82, 2.24) is 4.98 Å². The van der Waals surface area contributed by atoms with Crippen LogP contribution in [0.2, 0.25) is 0 Å². The number of nitrogens with zero attached hydrogens (tertiary/aromatic N) is 1. The first kappa shape index (κ1) is 20.0. The highest BCUT2D eigenvalue weighted by atomic mass is 32.1. The standard InChI is InChI=1S/C25H17NO5S/c1-29-17-9-6-15(7-10-17)21(27)14-30-18-11-8-16-12-19(25(28)31-22(16)13-18)24-26-20-4-2-3-5-23(20)32-24/h2-13H,14H2,1H3. The third kappa shape index (κ3) is 3.86. The molecule has 5 aromatic rings. The summed E-state index contributed by atoms with van der Waals surface area (Å²) in [5.74, 6) is 0.952. The summed E-state index contributed by atoms with van der Waals surface area (Å²) in [5, 5.41) is 1.36. The highest BCUT2D eigenvalue weighted by Gasteiger charge is 2.14. The summed E-state index contributed by atoms with van der Waals surface area (Å²) in [6.45, 7) is -0.133. The van der Waals surface area contributed by atoms with E-state index in [1.807, 2.05) is 24.3 Å². The Morgan fingerprint density at radius 3 is 2.56 bits per heavy atom. The Kier molecular flexibility index (Phi) is 5.17. The molecule has 0 radical (unpaired) electrons. The van der Waals surface area contributed by atoms with E-state index in [0.29, 0.717) is 33.2 Å². The second-order valence-corrected chi connectivity index (χ2v) is 8.10. The summed E-state index contributed by atoms with van der Waals surface area (Å²) >= 11 is 1.45. The maximum Gasteiger partial charge on any atom is 0.346 e. The molecule has 0 atom stereocenters. The molecule has 0 saturated carbocycles. The highest BCUT2D eigenvalue weighted by Crippen LogP contribution is 2.30. The Hall–Kier alpha value is -3.97. The molecule has 0 unspecified atom stereocenters. The summed E-state index contributed by atoms with van der Waals surface area (Å²) in [6.07, 6.45) is 0. The van der Waals surface area contributed by atoms with Gasteiger partial charge in [-0.25, -0.2) is 9.78 Å². The SMILES string of the molecule is COc1ccc(C(=O)COc2ccc3cc(-c4nc5ccccc5s4)c(=O)oc3c2)cc1. The topological polar surface area (TPSA) is 78.6 Å². The first-order chi connectivity index (χ1) is 15.6. The van der Waals surface area contributed by atoms with E-state index in [-0.39, 0.29) is 12.4 Å². The maximum atomic E-state index is 12.6. The lowest BCUT2D eigenvalue weighted by atomic mass is 10.1. The van der Waals surface area contributed by atoms with E-state index in [0.717, 1.165) is 15.6 Å². The van der Waals surface area contributed by atoms with E-state index in [2.05, 4.69) is 4.98 Å². The van der Waals surface area contributed by atoms with E-state index >= 15 is 0 Å². The molecule has 7 heteroatoms. The number of ketones is 1. The minimum atomic E-state index is -0.469. The molecular formula is C25H17NO5S. The van der Waals surface area contributed by atoms with Crippen LogP contribution in [0.15, 0.2) is 82.0 Å². The van der Waals surface area contributed by atoms with Crippen molar-refractivity contribution in [3.63, 3.8) is 0 Å². The van der Waals surface area contributed by atoms with Gasteiger partial charge in [0, 0.05) is 17.0 Å². The van der Waals surface area contributed by atoms with Gasteiger partial charge in [0.2, 0.25) is 0 Å². The van der Waals surface area contributed by atoms with Crippen LogP contribution in [0.1, 0.15) is 10.4 Å². The number of hydrogen-bond donors (Lipinski definition) is 0. The summed E-state index contributed by atoms with van der Waals surface area (Å²) < 4.78 is 17.3. The van der Waals surface area contributed by atoms with Crippen molar-refractivity contribution in [2.24, 2.45) is 0 Å². The number of methoxy groups -OCH3 is 1. The Morgan fingerprint density at radius 1 is 1.00 bits per heavy atom. The van der Waals surface area contributed by atoms with Crippen LogP contribution in [-0.2, 0) is 0 Å². The molecule has 0 bridgehead atoms. The minimum Gasteiger partial charge on any atom is -0.497 e. The number of fused-ring (bicyclic) bond motifs is 2. The fraction of sp³-hybridized carbons (Fsp3) is 0.0800. The van der Waals surface area contributed by atoms with Gasteiger partial charge in [0.15, 0.2) is 12.4 Å². The largest absolute Gasteiger partial charge is 0.497 e. The van der Waals surface area contributed by atoms with E-state index in [9.17, 15) is 9.59 Å². The molecule has 2 aromatic heterocycles. The molecule has 0 fully saturated rings.